The zero-order valence-electron chi connectivity index (χ0n) is 11.2. The molecular weight excluding hydrogens is 274 g/mol. The number of rotatable bonds is 6. The van der Waals surface area contributed by atoms with Crippen molar-refractivity contribution >= 4 is 11.8 Å². The maximum atomic E-state index is 11.6. The highest BCUT2D eigenvalue weighted by molar-refractivity contribution is 5.96. The van der Waals surface area contributed by atoms with Gasteiger partial charge in [0.2, 0.25) is 0 Å². The predicted molar refractivity (Wildman–Crippen MR) is 74.3 cm³/mol. The van der Waals surface area contributed by atoms with E-state index in [2.05, 4.69) is 10.5 Å². The van der Waals surface area contributed by atoms with Crippen LogP contribution in [0.4, 0.5) is 0 Å². The Morgan fingerprint density at radius 2 is 2.05 bits per heavy atom. The molecule has 2 rings (SSSR count). The Morgan fingerprint density at radius 3 is 2.71 bits per heavy atom. The Hall–Kier alpha value is -2.87. The van der Waals surface area contributed by atoms with Gasteiger partial charge >= 0.3 is 0 Å². The molecule has 8 heteroatoms. The number of nitrogens with one attached hydrogen (secondary N) is 1. The summed E-state index contributed by atoms with van der Waals surface area (Å²) in [4.78, 5) is 22.5. The topological polar surface area (TPSA) is 125 Å². The molecule has 0 unspecified atom stereocenters. The Labute approximate surface area is 120 Å². The molecule has 0 aliphatic heterocycles. The number of nitrogens with zero attached hydrogens (tertiary/aromatic N) is 2. The van der Waals surface area contributed by atoms with Crippen LogP contribution in [0.25, 0.3) is 0 Å². The maximum absolute atomic E-state index is 11.6. The van der Waals surface area contributed by atoms with E-state index in [9.17, 15) is 9.59 Å². The van der Waals surface area contributed by atoms with Gasteiger partial charge in [0, 0.05) is 6.20 Å². The molecule has 0 spiro atoms. The van der Waals surface area contributed by atoms with Crippen molar-refractivity contribution in [2.75, 3.05) is 6.61 Å². The van der Waals surface area contributed by atoms with E-state index in [0.717, 1.165) is 0 Å². The van der Waals surface area contributed by atoms with Crippen LogP contribution in [-0.4, -0.2) is 28.2 Å². The van der Waals surface area contributed by atoms with Gasteiger partial charge in [-0.25, -0.2) is 5.84 Å². The molecular formula is C13H15N5O3. The van der Waals surface area contributed by atoms with Crippen molar-refractivity contribution in [2.45, 2.75) is 6.54 Å². The third-order valence-electron chi connectivity index (χ3n) is 2.73. The number of hydrogen-bond acceptors (Lipinski definition) is 5. The molecule has 1 aromatic carbocycles. The van der Waals surface area contributed by atoms with Crippen LogP contribution in [0.5, 0.6) is 5.75 Å². The average Bonchev–Trinajstić information content (AvgIpc) is 2.96. The number of para-hydroxylation sites is 1. The van der Waals surface area contributed by atoms with Gasteiger partial charge in [-0.15, -0.1) is 0 Å². The quantitative estimate of drug-likeness (QED) is 0.381. The molecule has 0 radical (unpaired) electrons. The van der Waals surface area contributed by atoms with Gasteiger partial charge in [0.25, 0.3) is 11.8 Å². The molecule has 8 nitrogen and oxygen atoms in total. The van der Waals surface area contributed by atoms with E-state index in [1.165, 1.54) is 10.7 Å². The zero-order valence-corrected chi connectivity index (χ0v) is 11.2. The summed E-state index contributed by atoms with van der Waals surface area (Å²) in [5.41, 5.74) is 7.71. The first-order valence-electron chi connectivity index (χ1n) is 6.18. The minimum Gasteiger partial charge on any atom is -0.491 e. The highest BCUT2D eigenvalue weighted by atomic mass is 16.5. The minimum atomic E-state index is -0.584. The van der Waals surface area contributed by atoms with Crippen molar-refractivity contribution in [2.24, 2.45) is 11.6 Å². The molecule has 0 fully saturated rings. The van der Waals surface area contributed by atoms with Gasteiger partial charge < -0.3 is 10.5 Å². The van der Waals surface area contributed by atoms with E-state index in [1.54, 1.807) is 30.5 Å². The lowest BCUT2D eigenvalue weighted by molar-refractivity contribution is 0.0947. The van der Waals surface area contributed by atoms with Gasteiger partial charge in [0.05, 0.1) is 12.1 Å². The van der Waals surface area contributed by atoms with E-state index >= 15 is 0 Å². The first-order valence-corrected chi connectivity index (χ1v) is 6.18. The van der Waals surface area contributed by atoms with Crippen molar-refractivity contribution < 1.29 is 14.3 Å². The van der Waals surface area contributed by atoms with Crippen LogP contribution in [0, 0.1) is 0 Å². The molecule has 0 atom stereocenters. The molecule has 0 saturated heterocycles. The molecule has 1 aromatic heterocycles. The molecule has 0 aliphatic carbocycles. The summed E-state index contributed by atoms with van der Waals surface area (Å²) >= 11 is 0. The zero-order chi connectivity index (χ0) is 15.2. The highest BCUT2D eigenvalue weighted by Crippen LogP contribution is 2.17. The number of amides is 2. The molecule has 2 aromatic rings. The Bertz CT molecular complexity index is 653. The lowest BCUT2D eigenvalue weighted by atomic mass is 10.2. The van der Waals surface area contributed by atoms with E-state index in [4.69, 9.17) is 16.3 Å². The number of hydrogen-bond donors (Lipinski definition) is 3. The number of ether oxygens (including phenoxy) is 1. The Morgan fingerprint density at radius 1 is 1.29 bits per heavy atom. The normalized spacial score (nSPS) is 10.1. The van der Waals surface area contributed by atoms with Crippen molar-refractivity contribution in [1.82, 2.24) is 15.2 Å². The van der Waals surface area contributed by atoms with Crippen LogP contribution in [0.2, 0.25) is 0 Å². The Kier molecular flexibility index (Phi) is 4.52. The van der Waals surface area contributed by atoms with Gasteiger partial charge in [-0.2, -0.15) is 5.10 Å². The monoisotopic (exact) mass is 289 g/mol. The summed E-state index contributed by atoms with van der Waals surface area (Å²) in [6, 6.07) is 8.27. The maximum Gasteiger partial charge on any atom is 0.269 e. The van der Waals surface area contributed by atoms with Crippen LogP contribution >= 0.6 is 0 Å². The summed E-state index contributed by atoms with van der Waals surface area (Å²) in [6.45, 7) is 0.681. The standard InChI is InChI=1S/C13H15N5O3/c14-12(19)10-5-6-18(17-10)7-8-21-11-4-2-1-3-9(11)13(20)16-15/h1-6H,7-8,15H2,(H2,14,19)(H,16,20). The van der Waals surface area contributed by atoms with Crippen LogP contribution in [0.15, 0.2) is 36.5 Å². The van der Waals surface area contributed by atoms with Crippen LogP contribution in [0.1, 0.15) is 20.8 Å². The molecule has 110 valence electrons. The summed E-state index contributed by atoms with van der Waals surface area (Å²) in [6.07, 6.45) is 1.63. The number of hydrazine groups is 1. The SMILES string of the molecule is NNC(=O)c1ccccc1OCCn1ccc(C(N)=O)n1. The molecule has 2 amide bonds. The van der Waals surface area contributed by atoms with E-state index in [1.807, 2.05) is 0 Å². The fourth-order valence-corrected chi connectivity index (χ4v) is 1.72. The van der Waals surface area contributed by atoms with E-state index < -0.39 is 11.8 Å². The third-order valence-corrected chi connectivity index (χ3v) is 2.73. The molecule has 5 N–H and O–H groups in total. The number of primary amides is 1. The van der Waals surface area contributed by atoms with Crippen molar-refractivity contribution in [3.63, 3.8) is 0 Å². The van der Waals surface area contributed by atoms with Gasteiger partial charge in [-0.3, -0.25) is 19.7 Å². The molecule has 0 saturated carbocycles. The van der Waals surface area contributed by atoms with Crippen molar-refractivity contribution in [1.29, 1.82) is 0 Å². The van der Waals surface area contributed by atoms with Crippen molar-refractivity contribution in [3.05, 3.63) is 47.8 Å². The molecule has 0 aliphatic rings. The number of carbonyl (C=O) groups is 2. The number of benzene rings is 1. The van der Waals surface area contributed by atoms with Crippen molar-refractivity contribution in [3.8, 4) is 5.75 Å². The second-order valence-electron chi connectivity index (χ2n) is 4.15. The third kappa shape index (κ3) is 3.57. The highest BCUT2D eigenvalue weighted by Gasteiger charge is 2.10. The number of carbonyl (C=O) groups excluding carboxylic acids is 2. The van der Waals surface area contributed by atoms with Crippen LogP contribution in [0.3, 0.4) is 0 Å². The fraction of sp³-hybridized carbons (Fsp3) is 0.154. The lowest BCUT2D eigenvalue weighted by Gasteiger charge is -2.10. The second-order valence-corrected chi connectivity index (χ2v) is 4.15. The van der Waals surface area contributed by atoms with Crippen LogP contribution < -0.4 is 21.7 Å². The first-order chi connectivity index (χ1) is 10.1. The second kappa shape index (κ2) is 6.53. The largest absolute Gasteiger partial charge is 0.491 e. The van der Waals surface area contributed by atoms with Gasteiger partial charge in [0.15, 0.2) is 0 Å². The van der Waals surface area contributed by atoms with E-state index in [0.29, 0.717) is 17.9 Å². The summed E-state index contributed by atoms with van der Waals surface area (Å²) < 4.78 is 7.07. The van der Waals surface area contributed by atoms with E-state index in [-0.39, 0.29) is 12.3 Å². The number of nitrogens with two attached hydrogens (primary N) is 2. The predicted octanol–water partition coefficient (Wildman–Crippen LogP) is -0.336. The summed E-state index contributed by atoms with van der Waals surface area (Å²) in [7, 11) is 0. The molecule has 1 heterocycles. The smallest absolute Gasteiger partial charge is 0.269 e. The minimum absolute atomic E-state index is 0.193. The van der Waals surface area contributed by atoms with Crippen LogP contribution in [-0.2, 0) is 6.54 Å². The van der Waals surface area contributed by atoms with Gasteiger partial charge in [-0.05, 0) is 18.2 Å². The lowest BCUT2D eigenvalue weighted by Crippen LogP contribution is -2.30. The van der Waals surface area contributed by atoms with Gasteiger partial charge in [0.1, 0.15) is 18.1 Å². The molecule has 0 bridgehead atoms. The average molecular weight is 289 g/mol. The first kappa shape index (κ1) is 14.5. The molecule has 21 heavy (non-hydrogen) atoms. The van der Waals surface area contributed by atoms with Gasteiger partial charge in [-0.1, -0.05) is 12.1 Å². The summed E-state index contributed by atoms with van der Waals surface area (Å²) in [5.74, 6) is 4.52. The number of aromatic nitrogens is 2. The summed E-state index contributed by atoms with van der Waals surface area (Å²) in [5, 5.41) is 3.98. The fourth-order valence-electron chi connectivity index (χ4n) is 1.72. The Balaban J connectivity index is 1.97. The number of nitrogen functional groups attached to an aromatic ring is 1.